The summed E-state index contributed by atoms with van der Waals surface area (Å²) in [5.74, 6) is -0.0491. The van der Waals surface area contributed by atoms with Gasteiger partial charge in [-0.25, -0.2) is 4.39 Å². The summed E-state index contributed by atoms with van der Waals surface area (Å²) in [5.41, 5.74) is 1.67. The zero-order valence-electron chi connectivity index (χ0n) is 16.1. The smallest absolute Gasteiger partial charge is 0.275 e. The van der Waals surface area contributed by atoms with Gasteiger partial charge in [0, 0.05) is 19.7 Å². The van der Waals surface area contributed by atoms with Crippen molar-refractivity contribution in [2.75, 3.05) is 11.9 Å². The fourth-order valence-corrected chi connectivity index (χ4v) is 3.53. The lowest BCUT2D eigenvalue weighted by Crippen LogP contribution is -2.43. The van der Waals surface area contributed by atoms with Crippen molar-refractivity contribution in [2.45, 2.75) is 25.8 Å². The normalized spacial score (nSPS) is 16.2. The monoisotopic (exact) mass is 397 g/mol. The lowest BCUT2D eigenvalue weighted by atomic mass is 10.1. The van der Waals surface area contributed by atoms with E-state index in [1.165, 1.54) is 17.0 Å². The van der Waals surface area contributed by atoms with Crippen LogP contribution >= 0.6 is 0 Å². The van der Waals surface area contributed by atoms with E-state index in [0.29, 0.717) is 30.2 Å². The van der Waals surface area contributed by atoms with Gasteiger partial charge in [-0.1, -0.05) is 5.16 Å². The van der Waals surface area contributed by atoms with E-state index in [-0.39, 0.29) is 23.3 Å². The van der Waals surface area contributed by atoms with Crippen LogP contribution in [0.15, 0.2) is 40.9 Å². The number of aryl methyl sites for hydroxylation is 2. The van der Waals surface area contributed by atoms with E-state index >= 15 is 0 Å². The Bertz CT molecular complexity index is 1060. The van der Waals surface area contributed by atoms with Crippen LogP contribution in [0.3, 0.4) is 0 Å². The molecule has 1 aromatic carbocycles. The number of amides is 2. The van der Waals surface area contributed by atoms with Crippen molar-refractivity contribution in [1.29, 1.82) is 0 Å². The molecule has 1 N–H and O–H groups in total. The summed E-state index contributed by atoms with van der Waals surface area (Å²) in [7, 11) is 1.72. The van der Waals surface area contributed by atoms with Crippen LogP contribution in [0, 0.1) is 12.7 Å². The molecule has 0 radical (unpaired) electrons. The first-order valence-corrected chi connectivity index (χ1v) is 9.27. The SMILES string of the molecule is Cc1cc(NC(=O)[C@H]2CCCN2C(=O)c2cc(-c3ccc(F)cc3)n(C)n2)no1. The average Bonchev–Trinajstić information content (AvgIpc) is 3.42. The van der Waals surface area contributed by atoms with Gasteiger partial charge in [-0.2, -0.15) is 5.10 Å². The van der Waals surface area contributed by atoms with Gasteiger partial charge in [0.05, 0.1) is 5.69 Å². The summed E-state index contributed by atoms with van der Waals surface area (Å²) in [6.45, 7) is 2.20. The van der Waals surface area contributed by atoms with E-state index in [9.17, 15) is 14.0 Å². The summed E-state index contributed by atoms with van der Waals surface area (Å²) >= 11 is 0. The van der Waals surface area contributed by atoms with Gasteiger partial charge < -0.3 is 14.7 Å². The third-order valence-electron chi connectivity index (χ3n) is 4.93. The van der Waals surface area contributed by atoms with Crippen molar-refractivity contribution in [2.24, 2.45) is 7.05 Å². The largest absolute Gasteiger partial charge is 0.360 e. The fraction of sp³-hybridized carbons (Fsp3) is 0.300. The molecule has 1 aliphatic heterocycles. The number of hydrogen-bond donors (Lipinski definition) is 1. The highest BCUT2D eigenvalue weighted by atomic mass is 19.1. The van der Waals surface area contributed by atoms with Crippen molar-refractivity contribution < 1.29 is 18.5 Å². The molecular weight excluding hydrogens is 377 g/mol. The highest BCUT2D eigenvalue weighted by molar-refractivity contribution is 6.00. The molecule has 29 heavy (non-hydrogen) atoms. The first-order valence-electron chi connectivity index (χ1n) is 9.27. The molecular formula is C20H20FN5O3. The zero-order chi connectivity index (χ0) is 20.5. The minimum Gasteiger partial charge on any atom is -0.360 e. The Hall–Kier alpha value is -3.49. The van der Waals surface area contributed by atoms with Gasteiger partial charge in [0.25, 0.3) is 5.91 Å². The molecule has 0 spiro atoms. The number of aromatic nitrogens is 3. The number of nitrogens with one attached hydrogen (secondary N) is 1. The molecule has 0 bridgehead atoms. The molecule has 3 heterocycles. The van der Waals surface area contributed by atoms with Crippen LogP contribution in [-0.2, 0) is 11.8 Å². The van der Waals surface area contributed by atoms with Gasteiger partial charge in [0.1, 0.15) is 17.6 Å². The summed E-state index contributed by atoms with van der Waals surface area (Å²) in [4.78, 5) is 27.2. The van der Waals surface area contributed by atoms with Crippen molar-refractivity contribution in [3.8, 4) is 11.3 Å². The van der Waals surface area contributed by atoms with Crippen LogP contribution in [-0.4, -0.2) is 44.2 Å². The van der Waals surface area contributed by atoms with Gasteiger partial charge in [-0.05, 0) is 55.7 Å². The number of carbonyl (C=O) groups excluding carboxylic acids is 2. The third-order valence-corrected chi connectivity index (χ3v) is 4.93. The van der Waals surface area contributed by atoms with E-state index < -0.39 is 6.04 Å². The Morgan fingerprint density at radius 3 is 2.69 bits per heavy atom. The Balaban J connectivity index is 1.53. The molecule has 150 valence electrons. The lowest BCUT2D eigenvalue weighted by molar-refractivity contribution is -0.119. The maximum atomic E-state index is 13.2. The predicted octanol–water partition coefficient (Wildman–Crippen LogP) is 2.77. The summed E-state index contributed by atoms with van der Waals surface area (Å²) in [6.07, 6.45) is 1.28. The molecule has 8 nitrogen and oxygen atoms in total. The van der Waals surface area contributed by atoms with Crippen molar-refractivity contribution >= 4 is 17.6 Å². The molecule has 3 aromatic rings. The number of carbonyl (C=O) groups is 2. The lowest BCUT2D eigenvalue weighted by Gasteiger charge is -2.22. The van der Waals surface area contributed by atoms with Crippen LogP contribution in [0.25, 0.3) is 11.3 Å². The topological polar surface area (TPSA) is 93.3 Å². The van der Waals surface area contributed by atoms with Crippen LogP contribution < -0.4 is 5.32 Å². The number of hydrogen-bond acceptors (Lipinski definition) is 5. The minimum absolute atomic E-state index is 0.240. The van der Waals surface area contributed by atoms with E-state index in [2.05, 4.69) is 15.6 Å². The molecule has 1 saturated heterocycles. The van der Waals surface area contributed by atoms with Crippen molar-refractivity contribution in [3.05, 3.63) is 53.7 Å². The number of rotatable bonds is 4. The van der Waals surface area contributed by atoms with Crippen LogP contribution in [0.1, 0.15) is 29.1 Å². The van der Waals surface area contributed by atoms with E-state index in [1.54, 1.807) is 42.9 Å². The Kier molecular flexibility index (Phi) is 4.87. The molecule has 2 aromatic heterocycles. The van der Waals surface area contributed by atoms with Crippen LogP contribution in [0.4, 0.5) is 10.2 Å². The molecule has 9 heteroatoms. The minimum atomic E-state index is -0.601. The molecule has 1 fully saturated rings. The Morgan fingerprint density at radius 2 is 2.00 bits per heavy atom. The molecule has 2 amide bonds. The quantitative estimate of drug-likeness (QED) is 0.731. The van der Waals surface area contributed by atoms with Gasteiger partial charge in [-0.3, -0.25) is 14.3 Å². The number of halogens is 1. The first-order chi connectivity index (χ1) is 13.9. The van der Waals surface area contributed by atoms with Crippen LogP contribution in [0.2, 0.25) is 0 Å². The first kappa shape index (κ1) is 18.9. The molecule has 0 unspecified atom stereocenters. The van der Waals surface area contributed by atoms with Crippen molar-refractivity contribution in [3.63, 3.8) is 0 Å². The summed E-state index contributed by atoms with van der Waals surface area (Å²) in [5, 5.41) is 10.8. The second kappa shape index (κ2) is 7.50. The number of nitrogens with zero attached hydrogens (tertiary/aromatic N) is 4. The fourth-order valence-electron chi connectivity index (χ4n) is 3.53. The molecule has 0 aliphatic carbocycles. The van der Waals surface area contributed by atoms with Gasteiger partial charge in [0.2, 0.25) is 5.91 Å². The summed E-state index contributed by atoms with van der Waals surface area (Å²) in [6, 6.07) is 8.65. The maximum absolute atomic E-state index is 13.2. The number of likely N-dealkylation sites (tertiary alicyclic amines) is 1. The summed E-state index contributed by atoms with van der Waals surface area (Å²) < 4.78 is 19.7. The standard InChI is InChI=1S/C20H20FN5O3/c1-12-10-18(24-29-12)22-19(27)16-4-3-9-26(16)20(28)15-11-17(25(2)23-15)13-5-7-14(21)8-6-13/h5-8,10-11,16H,3-4,9H2,1-2H3,(H,22,24,27)/t16-/m1/s1. The third kappa shape index (κ3) is 3.75. The maximum Gasteiger partial charge on any atom is 0.275 e. The second-order valence-electron chi connectivity index (χ2n) is 7.01. The highest BCUT2D eigenvalue weighted by Gasteiger charge is 2.36. The second-order valence-corrected chi connectivity index (χ2v) is 7.01. The van der Waals surface area contributed by atoms with E-state index in [1.807, 2.05) is 0 Å². The number of anilines is 1. The van der Waals surface area contributed by atoms with Crippen molar-refractivity contribution in [1.82, 2.24) is 19.8 Å². The number of benzene rings is 1. The molecule has 1 aliphatic rings. The Morgan fingerprint density at radius 1 is 1.24 bits per heavy atom. The highest BCUT2D eigenvalue weighted by Crippen LogP contribution is 2.25. The molecule has 4 rings (SSSR count). The molecule has 1 atom stereocenters. The van der Waals surface area contributed by atoms with Gasteiger partial charge >= 0.3 is 0 Å². The zero-order valence-corrected chi connectivity index (χ0v) is 16.1. The van der Waals surface area contributed by atoms with Crippen LogP contribution in [0.5, 0.6) is 0 Å². The van der Waals surface area contributed by atoms with E-state index in [4.69, 9.17) is 4.52 Å². The van der Waals surface area contributed by atoms with Gasteiger partial charge in [-0.15, -0.1) is 0 Å². The average molecular weight is 397 g/mol. The molecule has 0 saturated carbocycles. The van der Waals surface area contributed by atoms with Gasteiger partial charge in [0.15, 0.2) is 11.5 Å². The predicted molar refractivity (Wildman–Crippen MR) is 103 cm³/mol. The van der Waals surface area contributed by atoms with E-state index in [0.717, 1.165) is 12.0 Å². The Labute approximate surface area is 166 Å².